The molecule has 1 fully saturated rings. The fourth-order valence-corrected chi connectivity index (χ4v) is 5.61. The monoisotopic (exact) mass is 601 g/mol. The number of fused-ring (bicyclic) bond motifs is 1. The molecule has 0 amide bonds. The minimum Gasteiger partial charge on any atom is -0.458 e. The molecule has 12 heteroatoms. The van der Waals surface area contributed by atoms with Crippen LogP contribution in [0.4, 0.5) is 10.2 Å². The highest BCUT2D eigenvalue weighted by Gasteiger charge is 2.52. The highest BCUT2D eigenvalue weighted by atomic mass is 28.3. The van der Waals surface area contributed by atoms with Gasteiger partial charge in [-0.3, -0.25) is 4.57 Å². The van der Waals surface area contributed by atoms with Crippen LogP contribution < -0.4 is 4.98 Å². The van der Waals surface area contributed by atoms with Gasteiger partial charge in [0.05, 0.1) is 17.5 Å². The lowest BCUT2D eigenvalue weighted by Gasteiger charge is -2.28. The van der Waals surface area contributed by atoms with E-state index in [4.69, 9.17) is 20.6 Å². The third-order valence-electron chi connectivity index (χ3n) is 6.97. The number of aryl methyl sites for hydroxylation is 2. The van der Waals surface area contributed by atoms with Gasteiger partial charge in [0, 0.05) is 6.42 Å². The van der Waals surface area contributed by atoms with Gasteiger partial charge >= 0.3 is 18.0 Å². The molecule has 0 spiro atoms. The van der Waals surface area contributed by atoms with Crippen LogP contribution in [0, 0.1) is 32.3 Å². The molecule has 3 heterocycles. The fraction of sp³-hybridized carbons (Fsp3) is 0.323. The van der Waals surface area contributed by atoms with Crippen LogP contribution in [0.1, 0.15) is 44.5 Å². The first-order chi connectivity index (χ1) is 20.4. The number of carbonyl (C=O) groups is 2. The van der Waals surface area contributed by atoms with Crippen LogP contribution in [-0.2, 0) is 14.2 Å². The highest BCUT2D eigenvalue weighted by Crippen LogP contribution is 2.41. The molecule has 5 rings (SSSR count). The van der Waals surface area contributed by atoms with E-state index >= 15 is 0 Å². The second kappa shape index (κ2) is 11.6. The van der Waals surface area contributed by atoms with Crippen molar-refractivity contribution in [1.29, 1.82) is 0 Å². The van der Waals surface area contributed by atoms with Crippen molar-refractivity contribution in [3.63, 3.8) is 0 Å². The predicted octanol–water partition coefficient (Wildman–Crippen LogP) is 5.20. The third-order valence-corrected chi connectivity index (χ3v) is 7.95. The number of hydrogen-bond donors (Lipinski definition) is 1. The first-order valence-corrected chi connectivity index (χ1v) is 17.2. The number of benzene rings is 2. The zero-order valence-corrected chi connectivity index (χ0v) is 25.6. The van der Waals surface area contributed by atoms with E-state index in [1.165, 1.54) is 10.9 Å². The lowest BCUT2D eigenvalue weighted by Crippen LogP contribution is -2.45. The number of anilines is 1. The maximum absolute atomic E-state index is 14.6. The maximum Gasteiger partial charge on any atom is 0.338 e. The average molecular weight is 602 g/mol. The van der Waals surface area contributed by atoms with E-state index in [1.54, 1.807) is 48.5 Å². The van der Waals surface area contributed by atoms with Crippen LogP contribution in [0.3, 0.4) is 0 Å². The lowest BCUT2D eigenvalue weighted by atomic mass is 9.98. The van der Waals surface area contributed by atoms with E-state index in [9.17, 15) is 14.0 Å². The van der Waals surface area contributed by atoms with E-state index < -0.39 is 50.8 Å². The van der Waals surface area contributed by atoms with Crippen molar-refractivity contribution in [2.45, 2.75) is 57.8 Å². The van der Waals surface area contributed by atoms with Crippen molar-refractivity contribution >= 4 is 37.2 Å². The van der Waals surface area contributed by atoms with Crippen molar-refractivity contribution in [3.05, 3.63) is 83.2 Å². The van der Waals surface area contributed by atoms with Gasteiger partial charge < -0.3 is 19.2 Å². The molecular weight excluding hydrogens is 569 g/mol. The molecular formula is C31H32FN5O5Si. The number of rotatable bonds is 8. The standard InChI is InChI=1S/C31H32FN5O5Si/c1-7-31(17-40-28(38)21-12-8-19(2)9-13-21)23(41-29(39)22-14-10-20(3)11-15-22)16-24(42-31)37-18-33-25-26(36-43(4,5)6)34-30(32)35-27(25)37/h1,8-15,18,23-24H,16-17H2,2-6H3,(H,34,35,36)/t23?,24?,31-/m1/s1. The van der Waals surface area contributed by atoms with Gasteiger partial charge in [-0.05, 0) is 38.1 Å². The topological polar surface area (TPSA) is 117 Å². The van der Waals surface area contributed by atoms with Gasteiger partial charge in [-0.25, -0.2) is 14.6 Å². The molecule has 2 unspecified atom stereocenters. The van der Waals surface area contributed by atoms with Gasteiger partial charge in [0.25, 0.3) is 0 Å². The molecule has 1 aliphatic heterocycles. The van der Waals surface area contributed by atoms with Gasteiger partial charge in [-0.1, -0.05) is 61.0 Å². The van der Waals surface area contributed by atoms with Crippen LogP contribution in [0.5, 0.6) is 0 Å². The molecule has 2 aromatic carbocycles. The minimum absolute atomic E-state index is 0.0533. The van der Waals surface area contributed by atoms with E-state index in [1.807, 2.05) is 33.5 Å². The molecule has 0 radical (unpaired) electrons. The second-order valence-corrected chi connectivity index (χ2v) is 16.3. The Balaban J connectivity index is 1.48. The van der Waals surface area contributed by atoms with Gasteiger partial charge in [0.1, 0.15) is 26.6 Å². The largest absolute Gasteiger partial charge is 0.458 e. The minimum atomic E-state index is -1.93. The number of halogens is 1. The van der Waals surface area contributed by atoms with Gasteiger partial charge in [0.2, 0.25) is 5.60 Å². The van der Waals surface area contributed by atoms with E-state index in [0.717, 1.165) is 11.1 Å². The quantitative estimate of drug-likeness (QED) is 0.126. The summed E-state index contributed by atoms with van der Waals surface area (Å²) in [5.41, 5.74) is 1.48. The number of esters is 2. The van der Waals surface area contributed by atoms with Crippen molar-refractivity contribution < 1.29 is 28.2 Å². The van der Waals surface area contributed by atoms with Gasteiger partial charge in [0.15, 0.2) is 17.6 Å². The summed E-state index contributed by atoms with van der Waals surface area (Å²) >= 11 is 0. The number of hydrogen-bond acceptors (Lipinski definition) is 9. The summed E-state index contributed by atoms with van der Waals surface area (Å²) in [6.07, 6.45) is 4.65. The van der Waals surface area contributed by atoms with Crippen LogP contribution in [0.15, 0.2) is 54.9 Å². The summed E-state index contributed by atoms with van der Waals surface area (Å²) in [6, 6.07) is 13.7. The normalized spacial score (nSPS) is 20.0. The number of nitrogens with one attached hydrogen (secondary N) is 1. The van der Waals surface area contributed by atoms with E-state index in [-0.39, 0.29) is 17.9 Å². The number of terminal acetylenes is 1. The molecule has 1 aliphatic rings. The van der Waals surface area contributed by atoms with Gasteiger partial charge in [-0.2, -0.15) is 14.4 Å². The molecule has 222 valence electrons. The second-order valence-electron chi connectivity index (χ2n) is 11.6. The van der Waals surface area contributed by atoms with Crippen LogP contribution >= 0.6 is 0 Å². The highest BCUT2D eigenvalue weighted by molar-refractivity contribution is 6.79. The Hall–Kier alpha value is -4.60. The van der Waals surface area contributed by atoms with Crippen molar-refractivity contribution in [1.82, 2.24) is 19.5 Å². The van der Waals surface area contributed by atoms with Crippen molar-refractivity contribution in [2.75, 3.05) is 11.6 Å². The smallest absolute Gasteiger partial charge is 0.338 e. The zero-order valence-electron chi connectivity index (χ0n) is 24.6. The number of carbonyl (C=O) groups excluding carboxylic acids is 2. The molecule has 4 aromatic rings. The number of nitrogens with zero attached hydrogens (tertiary/aromatic N) is 4. The molecule has 3 atom stereocenters. The molecule has 2 aromatic heterocycles. The van der Waals surface area contributed by atoms with Gasteiger partial charge in [-0.15, -0.1) is 6.42 Å². The Morgan fingerprint density at radius 1 is 1.07 bits per heavy atom. The van der Waals surface area contributed by atoms with Crippen molar-refractivity contribution in [2.24, 2.45) is 0 Å². The summed E-state index contributed by atoms with van der Waals surface area (Å²) < 4.78 is 34.0. The maximum atomic E-state index is 14.6. The van der Waals surface area contributed by atoms with Crippen LogP contribution in [0.2, 0.25) is 19.6 Å². The molecule has 10 nitrogen and oxygen atoms in total. The number of imidazole rings is 1. The predicted molar refractivity (Wildman–Crippen MR) is 160 cm³/mol. The third kappa shape index (κ3) is 6.43. The number of aromatic nitrogens is 4. The van der Waals surface area contributed by atoms with E-state index in [0.29, 0.717) is 16.6 Å². The molecule has 0 bridgehead atoms. The fourth-order valence-electron chi connectivity index (χ4n) is 4.73. The van der Waals surface area contributed by atoms with Crippen LogP contribution in [0.25, 0.3) is 11.2 Å². The Kier molecular flexibility index (Phi) is 8.05. The summed E-state index contributed by atoms with van der Waals surface area (Å²) in [4.78, 5) is 41.7. The molecule has 1 N–H and O–H groups in total. The summed E-state index contributed by atoms with van der Waals surface area (Å²) in [5.74, 6) is 1.62. The van der Waals surface area contributed by atoms with Crippen molar-refractivity contribution in [3.8, 4) is 12.3 Å². The molecule has 1 saturated heterocycles. The Morgan fingerprint density at radius 2 is 1.67 bits per heavy atom. The number of ether oxygens (including phenoxy) is 3. The first-order valence-electron chi connectivity index (χ1n) is 13.7. The molecule has 0 saturated carbocycles. The first kappa shape index (κ1) is 29.9. The Morgan fingerprint density at radius 3 is 2.26 bits per heavy atom. The average Bonchev–Trinajstić information content (AvgIpc) is 3.53. The van der Waals surface area contributed by atoms with Crippen LogP contribution in [-0.4, -0.2) is 58.0 Å². The summed E-state index contributed by atoms with van der Waals surface area (Å²) in [7, 11) is -1.93. The van der Waals surface area contributed by atoms with E-state index in [2.05, 4.69) is 25.9 Å². The SMILES string of the molecule is C#C[C@]1(COC(=O)c2ccc(C)cc2)OC(n2cnc3c(N[Si](C)(C)C)nc(F)nc32)CC1OC(=O)c1ccc(C)cc1. The summed E-state index contributed by atoms with van der Waals surface area (Å²) in [6.45, 7) is 9.54. The lowest BCUT2D eigenvalue weighted by molar-refractivity contribution is -0.0967. The zero-order chi connectivity index (χ0) is 30.9. The Labute approximate surface area is 249 Å². The Bertz CT molecular complexity index is 1710. The molecule has 0 aliphatic carbocycles. The summed E-state index contributed by atoms with van der Waals surface area (Å²) in [5, 5.41) is 0. The molecule has 43 heavy (non-hydrogen) atoms.